The van der Waals surface area contributed by atoms with Crippen molar-refractivity contribution < 1.29 is 22.7 Å². The molecule has 0 bridgehead atoms. The van der Waals surface area contributed by atoms with E-state index < -0.39 is 17.8 Å². The molecule has 0 fully saturated rings. The highest BCUT2D eigenvalue weighted by atomic mass is 32.1. The van der Waals surface area contributed by atoms with E-state index in [1.165, 1.54) is 12.1 Å². The Labute approximate surface area is 198 Å². The van der Waals surface area contributed by atoms with E-state index in [1.54, 1.807) is 48.9 Å². The summed E-state index contributed by atoms with van der Waals surface area (Å²) in [4.78, 5) is 20.6. The van der Waals surface area contributed by atoms with Crippen molar-refractivity contribution >= 4 is 30.0 Å². The Balaban J connectivity index is 1.44. The molecule has 7 nitrogen and oxygen atoms in total. The zero-order valence-electron chi connectivity index (χ0n) is 17.7. The summed E-state index contributed by atoms with van der Waals surface area (Å²) >= 11 is 3.82. The molecule has 2 aromatic heterocycles. The van der Waals surface area contributed by atoms with Crippen LogP contribution in [0.4, 0.5) is 29.3 Å². The van der Waals surface area contributed by atoms with Gasteiger partial charge in [-0.05, 0) is 36.4 Å². The molecular formula is C23H18F3N5O2S. The summed E-state index contributed by atoms with van der Waals surface area (Å²) in [6, 6.07) is 12.6. The highest BCUT2D eigenvalue weighted by Gasteiger charge is 2.33. The number of thiol groups is 1. The van der Waals surface area contributed by atoms with Gasteiger partial charge >= 0.3 is 12.2 Å². The molecule has 34 heavy (non-hydrogen) atoms. The van der Waals surface area contributed by atoms with Crippen molar-refractivity contribution in [2.45, 2.75) is 11.1 Å². The molecule has 0 aliphatic heterocycles. The Morgan fingerprint density at radius 3 is 2.41 bits per heavy atom. The maximum Gasteiger partial charge on any atom is 0.417 e. The quantitative estimate of drug-likeness (QED) is 0.293. The zero-order chi connectivity index (χ0) is 24.3. The van der Waals surface area contributed by atoms with Gasteiger partial charge in [-0.3, -0.25) is 4.98 Å². The summed E-state index contributed by atoms with van der Waals surface area (Å²) in [5.74, 6) is 0.957. The van der Waals surface area contributed by atoms with Crippen LogP contribution in [0, 0.1) is 0 Å². The second kappa shape index (κ2) is 9.48. The lowest BCUT2D eigenvalue weighted by atomic mass is 10.2. The van der Waals surface area contributed by atoms with Gasteiger partial charge in [0.1, 0.15) is 17.2 Å². The third-order valence-electron chi connectivity index (χ3n) is 4.59. The van der Waals surface area contributed by atoms with Crippen LogP contribution in [-0.4, -0.2) is 20.6 Å². The zero-order valence-corrected chi connectivity index (χ0v) is 18.6. The number of aromatic nitrogens is 3. The van der Waals surface area contributed by atoms with E-state index in [0.717, 1.165) is 6.07 Å². The minimum atomic E-state index is -4.58. The normalized spacial score (nSPS) is 11.2. The first-order valence-electron chi connectivity index (χ1n) is 9.88. The van der Waals surface area contributed by atoms with Gasteiger partial charge in [0.15, 0.2) is 0 Å². The number of pyridine rings is 1. The van der Waals surface area contributed by atoms with Crippen molar-refractivity contribution in [1.82, 2.24) is 14.5 Å². The second-order valence-corrected chi connectivity index (χ2v) is 7.72. The van der Waals surface area contributed by atoms with Crippen LogP contribution in [0.15, 0.2) is 78.2 Å². The predicted molar refractivity (Wildman–Crippen MR) is 124 cm³/mol. The van der Waals surface area contributed by atoms with Gasteiger partial charge in [-0.25, -0.2) is 9.78 Å². The lowest BCUT2D eigenvalue weighted by molar-refractivity contribution is -0.139. The summed E-state index contributed by atoms with van der Waals surface area (Å²) in [5, 5.41) is 4.96. The van der Waals surface area contributed by atoms with Crippen molar-refractivity contribution in [1.29, 1.82) is 0 Å². The number of ether oxygens (including phenoxy) is 1. The maximum atomic E-state index is 13.1. The summed E-state index contributed by atoms with van der Waals surface area (Å²) in [6.45, 7) is 0. The smallest absolute Gasteiger partial charge is 0.417 e. The van der Waals surface area contributed by atoms with Crippen LogP contribution in [0.3, 0.4) is 0 Å². The van der Waals surface area contributed by atoms with Gasteiger partial charge in [0.2, 0.25) is 0 Å². The molecule has 174 valence electrons. The van der Waals surface area contributed by atoms with E-state index >= 15 is 0 Å². The first-order valence-corrected chi connectivity index (χ1v) is 10.3. The number of aryl methyl sites for hydroxylation is 1. The molecule has 2 N–H and O–H groups in total. The fourth-order valence-corrected chi connectivity index (χ4v) is 3.33. The van der Waals surface area contributed by atoms with Crippen molar-refractivity contribution in [3.05, 3.63) is 78.9 Å². The SMILES string of the molecule is Cn1cnc(-c2cc(Oc3cccc(NC(=O)Nc4ccc(S)c(C(F)(F)F)c4)c3)ccn2)c1. The summed E-state index contributed by atoms with van der Waals surface area (Å²) in [5.41, 5.74) is 0.757. The van der Waals surface area contributed by atoms with E-state index in [1.807, 2.05) is 17.8 Å². The maximum absolute atomic E-state index is 13.1. The van der Waals surface area contributed by atoms with Gasteiger partial charge in [0.25, 0.3) is 0 Å². The Bertz CT molecular complexity index is 1340. The lowest BCUT2D eigenvalue weighted by Crippen LogP contribution is -2.20. The molecule has 0 radical (unpaired) electrons. The van der Waals surface area contributed by atoms with Gasteiger partial charge in [0.05, 0.1) is 17.6 Å². The number of hydrogen-bond acceptors (Lipinski definition) is 5. The molecule has 0 saturated heterocycles. The average Bonchev–Trinajstić information content (AvgIpc) is 3.21. The number of anilines is 2. The standard InChI is InChI=1S/C23H18F3N5O2S/c1-31-12-20(28-13-31)19-11-17(7-8-27-19)33-16-4-2-3-14(9-16)29-22(32)30-15-5-6-21(34)18(10-15)23(24,25)26/h2-13,34H,1H3,(H2,29,30,32). The third kappa shape index (κ3) is 5.67. The number of amides is 2. The van der Waals surface area contributed by atoms with Gasteiger partial charge in [0, 0.05) is 47.8 Å². The molecule has 0 unspecified atom stereocenters. The molecule has 0 aliphatic rings. The van der Waals surface area contributed by atoms with Crippen molar-refractivity contribution in [2.24, 2.45) is 7.05 Å². The van der Waals surface area contributed by atoms with E-state index in [-0.39, 0.29) is 10.6 Å². The number of carbonyl (C=O) groups excluding carboxylic acids is 1. The number of halogens is 3. The molecule has 2 aromatic carbocycles. The molecule has 2 heterocycles. The molecule has 2 amide bonds. The minimum Gasteiger partial charge on any atom is -0.457 e. The van der Waals surface area contributed by atoms with Crippen LogP contribution in [0.2, 0.25) is 0 Å². The van der Waals surface area contributed by atoms with Gasteiger partial charge < -0.3 is 19.9 Å². The van der Waals surface area contributed by atoms with Crippen molar-refractivity contribution in [3.8, 4) is 22.9 Å². The van der Waals surface area contributed by atoms with Crippen LogP contribution in [0.1, 0.15) is 5.56 Å². The molecule has 0 saturated carbocycles. The topological polar surface area (TPSA) is 81.1 Å². The lowest BCUT2D eigenvalue weighted by Gasteiger charge is -2.13. The Morgan fingerprint density at radius 2 is 1.71 bits per heavy atom. The monoisotopic (exact) mass is 485 g/mol. The van der Waals surface area contributed by atoms with Gasteiger partial charge in [-0.15, -0.1) is 12.6 Å². The number of nitrogens with one attached hydrogen (secondary N) is 2. The molecular weight excluding hydrogens is 467 g/mol. The van der Waals surface area contributed by atoms with Gasteiger partial charge in [-0.2, -0.15) is 13.2 Å². The number of carbonyl (C=O) groups is 1. The first kappa shape index (κ1) is 23.2. The van der Waals surface area contributed by atoms with Crippen LogP contribution >= 0.6 is 12.6 Å². The molecule has 0 aliphatic carbocycles. The molecule has 4 aromatic rings. The van der Waals surface area contributed by atoms with E-state index in [9.17, 15) is 18.0 Å². The van der Waals surface area contributed by atoms with Crippen LogP contribution in [-0.2, 0) is 13.2 Å². The number of imidazole rings is 1. The summed E-state index contributed by atoms with van der Waals surface area (Å²) in [7, 11) is 1.86. The van der Waals surface area contributed by atoms with Crippen LogP contribution in [0.25, 0.3) is 11.4 Å². The number of hydrogen-bond donors (Lipinski definition) is 3. The second-order valence-electron chi connectivity index (χ2n) is 7.24. The number of alkyl halides is 3. The van der Waals surface area contributed by atoms with E-state index in [4.69, 9.17) is 4.74 Å². The summed E-state index contributed by atoms with van der Waals surface area (Å²) in [6.07, 6.45) is 0.513. The van der Waals surface area contributed by atoms with Crippen LogP contribution in [0.5, 0.6) is 11.5 Å². The van der Waals surface area contributed by atoms with Gasteiger partial charge in [-0.1, -0.05) is 6.07 Å². The Hall–Kier alpha value is -3.99. The highest BCUT2D eigenvalue weighted by Crippen LogP contribution is 2.35. The first-order chi connectivity index (χ1) is 16.2. The Morgan fingerprint density at radius 1 is 0.971 bits per heavy atom. The van der Waals surface area contributed by atoms with E-state index in [2.05, 4.69) is 33.2 Å². The average molecular weight is 485 g/mol. The van der Waals surface area contributed by atoms with Crippen molar-refractivity contribution in [3.63, 3.8) is 0 Å². The number of urea groups is 1. The number of benzene rings is 2. The fourth-order valence-electron chi connectivity index (χ4n) is 3.07. The van der Waals surface area contributed by atoms with Crippen molar-refractivity contribution in [2.75, 3.05) is 10.6 Å². The largest absolute Gasteiger partial charge is 0.457 e. The minimum absolute atomic E-state index is 0.0196. The highest BCUT2D eigenvalue weighted by molar-refractivity contribution is 7.80. The summed E-state index contributed by atoms with van der Waals surface area (Å²) < 4.78 is 46.9. The Kier molecular flexibility index (Phi) is 6.46. The molecule has 0 atom stereocenters. The molecule has 0 spiro atoms. The number of rotatable bonds is 5. The molecule has 4 rings (SSSR count). The fraction of sp³-hybridized carbons (Fsp3) is 0.0870. The third-order valence-corrected chi connectivity index (χ3v) is 4.98. The predicted octanol–water partition coefficient (Wildman–Crippen LogP) is 6.23. The molecule has 11 heteroatoms. The number of nitrogens with zero attached hydrogens (tertiary/aromatic N) is 3. The van der Waals surface area contributed by atoms with E-state index in [0.29, 0.717) is 28.6 Å². The van der Waals surface area contributed by atoms with Crippen LogP contribution < -0.4 is 15.4 Å².